The molecule has 0 bridgehead atoms. The van der Waals surface area contributed by atoms with Crippen molar-refractivity contribution in [3.8, 4) is 0 Å². The predicted octanol–water partition coefficient (Wildman–Crippen LogP) is 3.35. The summed E-state index contributed by atoms with van der Waals surface area (Å²) in [5.74, 6) is -2.02. The van der Waals surface area contributed by atoms with Crippen molar-refractivity contribution < 1.29 is 19.2 Å². The Morgan fingerprint density at radius 1 is 0.927 bits per heavy atom. The maximum Gasteiger partial charge on any atom is 0.253 e. The highest BCUT2D eigenvalue weighted by molar-refractivity contribution is 7.98. The van der Waals surface area contributed by atoms with Crippen LogP contribution >= 0.6 is 11.8 Å². The lowest BCUT2D eigenvalue weighted by Crippen LogP contribution is -2.56. The summed E-state index contributed by atoms with van der Waals surface area (Å²) < 4.78 is 0. The molecule has 7 rings (SSSR count). The van der Waals surface area contributed by atoms with Gasteiger partial charge in [-0.25, -0.2) is 4.90 Å². The summed E-state index contributed by atoms with van der Waals surface area (Å²) in [6.45, 7) is 0.413. The summed E-state index contributed by atoms with van der Waals surface area (Å²) >= 11 is 1.66. The van der Waals surface area contributed by atoms with Crippen LogP contribution in [0.1, 0.15) is 17.5 Å². The number of carbonyl (C=O) groups is 4. The molecule has 4 atom stereocenters. The minimum absolute atomic E-state index is 0.148. The van der Waals surface area contributed by atoms with E-state index < -0.39 is 17.4 Å². The van der Waals surface area contributed by atoms with Crippen LogP contribution in [0.15, 0.2) is 78.9 Å². The van der Waals surface area contributed by atoms with Crippen molar-refractivity contribution in [1.82, 2.24) is 5.32 Å². The van der Waals surface area contributed by atoms with E-state index in [0.29, 0.717) is 29.9 Å². The second-order valence-corrected chi connectivity index (χ2v) is 12.0. The highest BCUT2D eigenvalue weighted by atomic mass is 32.2. The number of imide groups is 1. The van der Waals surface area contributed by atoms with Gasteiger partial charge in [0.2, 0.25) is 17.7 Å². The van der Waals surface area contributed by atoms with Crippen LogP contribution < -0.4 is 20.0 Å². The van der Waals surface area contributed by atoms with Crippen LogP contribution in [-0.4, -0.2) is 54.8 Å². The summed E-state index contributed by atoms with van der Waals surface area (Å²) in [6.07, 6.45) is 3.40. The summed E-state index contributed by atoms with van der Waals surface area (Å²) in [4.78, 5) is 61.0. The van der Waals surface area contributed by atoms with E-state index in [0.717, 1.165) is 23.4 Å². The second-order valence-electron chi connectivity index (χ2n) is 11.0. The molecule has 8 nitrogen and oxygen atoms in total. The largest absolute Gasteiger partial charge is 0.310 e. The number of para-hydroxylation sites is 3. The minimum Gasteiger partial charge on any atom is -0.310 e. The molecule has 3 aromatic rings. The molecule has 0 unspecified atom stereocenters. The fourth-order valence-corrected chi connectivity index (χ4v) is 7.74. The number of hydrogen-bond acceptors (Lipinski definition) is 6. The van der Waals surface area contributed by atoms with Gasteiger partial charge in [-0.05, 0) is 54.7 Å². The first-order chi connectivity index (χ1) is 20.0. The van der Waals surface area contributed by atoms with Crippen LogP contribution in [0.2, 0.25) is 0 Å². The predicted molar refractivity (Wildman–Crippen MR) is 159 cm³/mol. The SMILES string of the molecule is CSCC[C@@H]1N[C@]2(C(=O)N(CC(=O)N3CCc4ccccc43)c3ccccc32)[C@@H]2C(=O)N(c3ccccc3)C(=O)[C@H]12. The van der Waals surface area contributed by atoms with E-state index in [4.69, 9.17) is 0 Å². The molecule has 9 heteroatoms. The van der Waals surface area contributed by atoms with Crippen molar-refractivity contribution in [2.24, 2.45) is 11.8 Å². The quantitative estimate of drug-likeness (QED) is 0.461. The van der Waals surface area contributed by atoms with Gasteiger partial charge in [-0.15, -0.1) is 0 Å². The number of fused-ring (bicyclic) bond motifs is 5. The number of anilines is 3. The van der Waals surface area contributed by atoms with E-state index in [1.807, 2.05) is 60.9 Å². The van der Waals surface area contributed by atoms with Crippen molar-refractivity contribution >= 4 is 52.5 Å². The Bertz CT molecular complexity index is 1580. The number of nitrogens with one attached hydrogen (secondary N) is 1. The second kappa shape index (κ2) is 9.85. The molecular formula is C32H30N4O4S. The average Bonchev–Trinajstić information content (AvgIpc) is 3.71. The summed E-state index contributed by atoms with van der Waals surface area (Å²) in [5.41, 5.74) is 2.32. The highest BCUT2D eigenvalue weighted by Crippen LogP contribution is 2.55. The van der Waals surface area contributed by atoms with Gasteiger partial charge in [-0.1, -0.05) is 54.6 Å². The first kappa shape index (κ1) is 26.0. The summed E-state index contributed by atoms with van der Waals surface area (Å²) in [5, 5.41) is 3.53. The van der Waals surface area contributed by atoms with Crippen LogP contribution in [0.5, 0.6) is 0 Å². The number of rotatable bonds is 6. The summed E-state index contributed by atoms with van der Waals surface area (Å²) in [7, 11) is 0. The fourth-order valence-electron chi connectivity index (χ4n) is 7.25. The van der Waals surface area contributed by atoms with Crippen LogP contribution in [-0.2, 0) is 31.1 Å². The molecule has 0 saturated carbocycles. The van der Waals surface area contributed by atoms with E-state index in [2.05, 4.69) is 5.32 Å². The molecule has 1 spiro atoms. The Hall–Kier alpha value is -3.95. The molecule has 0 aromatic heterocycles. The lowest BCUT2D eigenvalue weighted by atomic mass is 9.76. The molecule has 4 heterocycles. The zero-order valence-corrected chi connectivity index (χ0v) is 23.5. The van der Waals surface area contributed by atoms with E-state index in [1.54, 1.807) is 40.9 Å². The van der Waals surface area contributed by atoms with Gasteiger partial charge in [-0.2, -0.15) is 11.8 Å². The zero-order chi connectivity index (χ0) is 28.3. The first-order valence-corrected chi connectivity index (χ1v) is 15.4. The number of amides is 4. The van der Waals surface area contributed by atoms with Crippen LogP contribution in [0.25, 0.3) is 0 Å². The third-order valence-electron chi connectivity index (χ3n) is 9.00. The third-order valence-corrected chi connectivity index (χ3v) is 9.64. The highest BCUT2D eigenvalue weighted by Gasteiger charge is 2.71. The van der Waals surface area contributed by atoms with E-state index in [9.17, 15) is 19.2 Å². The normalized spacial score (nSPS) is 26.2. The van der Waals surface area contributed by atoms with Crippen molar-refractivity contribution in [2.45, 2.75) is 24.4 Å². The monoisotopic (exact) mass is 566 g/mol. The average molecular weight is 567 g/mol. The van der Waals surface area contributed by atoms with Gasteiger partial charge in [0.05, 0.1) is 17.5 Å². The van der Waals surface area contributed by atoms with Crippen LogP contribution in [0.4, 0.5) is 17.1 Å². The van der Waals surface area contributed by atoms with E-state index in [-0.39, 0.29) is 36.2 Å². The number of benzene rings is 3. The van der Waals surface area contributed by atoms with E-state index >= 15 is 0 Å². The Labute approximate surface area is 242 Å². The van der Waals surface area contributed by atoms with Gasteiger partial charge in [-0.3, -0.25) is 24.5 Å². The van der Waals surface area contributed by atoms with Crippen molar-refractivity contribution in [1.29, 1.82) is 0 Å². The molecule has 0 aliphatic carbocycles. The maximum atomic E-state index is 14.6. The van der Waals surface area contributed by atoms with E-state index in [1.165, 1.54) is 9.80 Å². The van der Waals surface area contributed by atoms with Gasteiger partial charge < -0.3 is 9.80 Å². The van der Waals surface area contributed by atoms with Gasteiger partial charge >= 0.3 is 0 Å². The number of thioether (sulfide) groups is 1. The molecule has 4 aliphatic rings. The van der Waals surface area contributed by atoms with Gasteiger partial charge in [0.1, 0.15) is 12.1 Å². The standard InChI is InChI=1S/C32H30N4O4S/c1-41-18-16-23-27-28(30(39)36(29(27)38)21-10-3-2-4-11-21)32(33-23)22-12-6-8-14-25(22)35(31(32)40)19-26(37)34-17-15-20-9-5-7-13-24(20)34/h2-14,23,27-28,33H,15-19H2,1H3/t23-,27+,28-,32-/m0/s1. The molecule has 2 saturated heterocycles. The molecular weight excluding hydrogens is 536 g/mol. The van der Waals surface area contributed by atoms with Gasteiger partial charge in [0.25, 0.3) is 5.91 Å². The van der Waals surface area contributed by atoms with Gasteiger partial charge in [0, 0.05) is 29.5 Å². The Kier molecular flexibility index (Phi) is 6.24. The molecule has 0 radical (unpaired) electrons. The van der Waals surface area contributed by atoms with Crippen molar-refractivity contribution in [3.63, 3.8) is 0 Å². The molecule has 3 aromatic carbocycles. The lowest BCUT2D eigenvalue weighted by Gasteiger charge is -2.31. The van der Waals surface area contributed by atoms with Gasteiger partial charge in [0.15, 0.2) is 0 Å². The van der Waals surface area contributed by atoms with Crippen LogP contribution in [0, 0.1) is 11.8 Å². The first-order valence-electron chi connectivity index (χ1n) is 14.0. The molecule has 4 amide bonds. The summed E-state index contributed by atoms with van der Waals surface area (Å²) in [6, 6.07) is 23.7. The topological polar surface area (TPSA) is 90.0 Å². The Morgan fingerprint density at radius 2 is 1.63 bits per heavy atom. The van der Waals surface area contributed by atoms with Crippen molar-refractivity contribution in [3.05, 3.63) is 90.0 Å². The molecule has 1 N–H and O–H groups in total. The Morgan fingerprint density at radius 3 is 2.41 bits per heavy atom. The number of nitrogens with zero attached hydrogens (tertiary/aromatic N) is 3. The molecule has 2 fully saturated rings. The molecule has 41 heavy (non-hydrogen) atoms. The zero-order valence-electron chi connectivity index (χ0n) is 22.7. The van der Waals surface area contributed by atoms with Crippen molar-refractivity contribution in [2.75, 3.05) is 39.8 Å². The maximum absolute atomic E-state index is 14.6. The Balaban J connectivity index is 1.29. The molecule has 208 valence electrons. The minimum atomic E-state index is -1.43. The lowest BCUT2D eigenvalue weighted by molar-refractivity contribution is -0.132. The smallest absolute Gasteiger partial charge is 0.253 e. The third kappa shape index (κ3) is 3.72. The number of hydrogen-bond donors (Lipinski definition) is 1. The number of carbonyl (C=O) groups excluding carboxylic acids is 4. The van der Waals surface area contributed by atoms with Crippen LogP contribution in [0.3, 0.4) is 0 Å². The fraction of sp³-hybridized carbons (Fsp3) is 0.312. The molecule has 4 aliphatic heterocycles.